The van der Waals surface area contributed by atoms with Gasteiger partial charge in [-0.2, -0.15) is 0 Å². The Morgan fingerprint density at radius 2 is 1.32 bits per heavy atom. The maximum atomic E-state index is 11.7. The van der Waals surface area contributed by atoms with Gasteiger partial charge in [0.15, 0.2) is 0 Å². The van der Waals surface area contributed by atoms with Crippen LogP contribution in [0.3, 0.4) is 0 Å². The van der Waals surface area contributed by atoms with Crippen LogP contribution < -0.4 is 5.63 Å². The summed E-state index contributed by atoms with van der Waals surface area (Å²) < 4.78 is 5.29. The van der Waals surface area contributed by atoms with Gasteiger partial charge in [0.1, 0.15) is 11.3 Å². The molecule has 3 nitrogen and oxygen atoms in total. The highest BCUT2D eigenvalue weighted by Crippen LogP contribution is 2.43. The molecule has 0 aliphatic rings. The van der Waals surface area contributed by atoms with E-state index in [4.69, 9.17) is 4.42 Å². The molecule has 0 radical (unpaired) electrons. The lowest BCUT2D eigenvalue weighted by atomic mass is 9.88. The standard InChI is InChI=1S/C25H18O3/c1-14-11-24(27)28-23-13-22(26)21(12-20(14)23)25-18-9-5-3-7-16(18)15(2)17-8-4-6-10-19(17)25/h3-13,26H,1-2H3. The molecule has 5 rings (SSSR count). The van der Waals surface area contributed by atoms with Crippen LogP contribution in [0.15, 0.2) is 75.9 Å². The van der Waals surface area contributed by atoms with Crippen molar-refractivity contribution >= 4 is 32.5 Å². The zero-order chi connectivity index (χ0) is 19.4. The molecule has 1 N–H and O–H groups in total. The second-order valence-corrected chi connectivity index (χ2v) is 7.21. The molecule has 1 heterocycles. The minimum atomic E-state index is -0.414. The first-order valence-corrected chi connectivity index (χ1v) is 9.22. The Kier molecular flexibility index (Phi) is 3.53. The van der Waals surface area contributed by atoms with E-state index in [0.29, 0.717) is 5.58 Å². The van der Waals surface area contributed by atoms with E-state index >= 15 is 0 Å². The number of fused-ring (bicyclic) bond motifs is 3. The van der Waals surface area contributed by atoms with Crippen molar-refractivity contribution in [1.82, 2.24) is 0 Å². The smallest absolute Gasteiger partial charge is 0.336 e. The molecule has 0 bridgehead atoms. The van der Waals surface area contributed by atoms with Gasteiger partial charge in [0.25, 0.3) is 0 Å². The molecule has 0 spiro atoms. The third-order valence-electron chi connectivity index (χ3n) is 5.54. The van der Waals surface area contributed by atoms with Gasteiger partial charge in [-0.25, -0.2) is 4.79 Å². The summed E-state index contributed by atoms with van der Waals surface area (Å²) in [7, 11) is 0. The first-order valence-electron chi connectivity index (χ1n) is 9.22. The second-order valence-electron chi connectivity index (χ2n) is 7.21. The number of benzene rings is 4. The Labute approximate surface area is 161 Å². The summed E-state index contributed by atoms with van der Waals surface area (Å²) in [6.07, 6.45) is 0. The van der Waals surface area contributed by atoms with Gasteiger partial charge in [-0.3, -0.25) is 0 Å². The predicted octanol–water partition coefficient (Wildman–Crippen LogP) is 6.09. The highest BCUT2D eigenvalue weighted by atomic mass is 16.4. The van der Waals surface area contributed by atoms with Crippen LogP contribution in [0.25, 0.3) is 43.6 Å². The molecule has 1 aromatic heterocycles. The maximum Gasteiger partial charge on any atom is 0.336 e. The summed E-state index contributed by atoms with van der Waals surface area (Å²) in [6.45, 7) is 4.01. The van der Waals surface area contributed by atoms with Crippen LogP contribution in [0, 0.1) is 13.8 Å². The molecule has 0 aliphatic carbocycles. The molecule has 0 saturated carbocycles. The third-order valence-corrected chi connectivity index (χ3v) is 5.54. The van der Waals surface area contributed by atoms with Crippen molar-refractivity contribution in [3.8, 4) is 16.9 Å². The Morgan fingerprint density at radius 3 is 1.93 bits per heavy atom. The van der Waals surface area contributed by atoms with Crippen LogP contribution >= 0.6 is 0 Å². The lowest BCUT2D eigenvalue weighted by Gasteiger charge is -2.16. The SMILES string of the molecule is Cc1cc(=O)oc2cc(O)c(-c3c4ccccc4c(C)c4ccccc34)cc12. The fourth-order valence-electron chi connectivity index (χ4n) is 4.19. The van der Waals surface area contributed by atoms with Crippen LogP contribution in [-0.4, -0.2) is 5.11 Å². The molecule has 0 unspecified atom stereocenters. The third kappa shape index (κ3) is 2.33. The highest BCUT2D eigenvalue weighted by Gasteiger charge is 2.17. The zero-order valence-electron chi connectivity index (χ0n) is 15.6. The molecule has 4 aromatic carbocycles. The van der Waals surface area contributed by atoms with Gasteiger partial charge in [0, 0.05) is 28.6 Å². The average molecular weight is 366 g/mol. The van der Waals surface area contributed by atoms with Crippen molar-refractivity contribution in [2.75, 3.05) is 0 Å². The molecule has 3 heteroatoms. The fourth-order valence-corrected chi connectivity index (χ4v) is 4.19. The van der Waals surface area contributed by atoms with E-state index in [1.54, 1.807) is 6.07 Å². The maximum absolute atomic E-state index is 11.7. The van der Waals surface area contributed by atoms with Crippen LogP contribution in [0.5, 0.6) is 5.75 Å². The summed E-state index contributed by atoms with van der Waals surface area (Å²) in [4.78, 5) is 11.7. The van der Waals surface area contributed by atoms with Gasteiger partial charge in [-0.15, -0.1) is 0 Å². The minimum absolute atomic E-state index is 0.0976. The van der Waals surface area contributed by atoms with Crippen molar-refractivity contribution < 1.29 is 9.52 Å². The average Bonchev–Trinajstić information content (AvgIpc) is 2.69. The molecule has 0 saturated heterocycles. The topological polar surface area (TPSA) is 50.4 Å². The molecular formula is C25H18O3. The van der Waals surface area contributed by atoms with E-state index in [0.717, 1.165) is 43.6 Å². The van der Waals surface area contributed by atoms with Gasteiger partial charge in [0.05, 0.1) is 0 Å². The van der Waals surface area contributed by atoms with E-state index in [1.165, 1.54) is 11.6 Å². The van der Waals surface area contributed by atoms with Crippen molar-refractivity contribution in [3.63, 3.8) is 0 Å². The zero-order valence-corrected chi connectivity index (χ0v) is 15.6. The molecule has 0 aliphatic heterocycles. The summed E-state index contributed by atoms with van der Waals surface area (Å²) in [5.41, 5.74) is 3.75. The van der Waals surface area contributed by atoms with E-state index in [9.17, 15) is 9.90 Å². The van der Waals surface area contributed by atoms with Crippen molar-refractivity contribution in [3.05, 3.63) is 88.3 Å². The predicted molar refractivity (Wildman–Crippen MR) is 114 cm³/mol. The Morgan fingerprint density at radius 1 is 0.750 bits per heavy atom. The van der Waals surface area contributed by atoms with Crippen LogP contribution in [0.2, 0.25) is 0 Å². The summed E-state index contributed by atoms with van der Waals surface area (Å²) in [5.74, 6) is 0.0976. The first kappa shape index (κ1) is 16.6. The quantitative estimate of drug-likeness (QED) is 0.288. The fraction of sp³-hybridized carbons (Fsp3) is 0.0800. The van der Waals surface area contributed by atoms with Crippen LogP contribution in [0.1, 0.15) is 11.1 Å². The van der Waals surface area contributed by atoms with Gasteiger partial charge >= 0.3 is 5.63 Å². The Hall–Kier alpha value is -3.59. The number of phenols is 1. The van der Waals surface area contributed by atoms with Crippen molar-refractivity contribution in [2.24, 2.45) is 0 Å². The number of phenolic OH excluding ortho intramolecular Hbond substituents is 1. The van der Waals surface area contributed by atoms with Crippen molar-refractivity contribution in [2.45, 2.75) is 13.8 Å². The molecule has 5 aromatic rings. The lowest BCUT2D eigenvalue weighted by Crippen LogP contribution is -1.98. The number of rotatable bonds is 1. The lowest BCUT2D eigenvalue weighted by molar-refractivity contribution is 0.475. The molecule has 28 heavy (non-hydrogen) atoms. The molecular weight excluding hydrogens is 348 g/mol. The molecule has 0 amide bonds. The van der Waals surface area contributed by atoms with Crippen LogP contribution in [0.4, 0.5) is 0 Å². The number of hydrogen-bond donors (Lipinski definition) is 1. The number of aryl methyl sites for hydroxylation is 2. The van der Waals surface area contributed by atoms with Gasteiger partial charge in [-0.05, 0) is 52.6 Å². The van der Waals surface area contributed by atoms with E-state index in [2.05, 4.69) is 31.2 Å². The van der Waals surface area contributed by atoms with Crippen LogP contribution in [-0.2, 0) is 0 Å². The largest absolute Gasteiger partial charge is 0.507 e. The number of hydrogen-bond acceptors (Lipinski definition) is 3. The number of aromatic hydroxyl groups is 1. The summed E-state index contributed by atoms with van der Waals surface area (Å²) in [5, 5.41) is 16.2. The van der Waals surface area contributed by atoms with E-state index < -0.39 is 5.63 Å². The van der Waals surface area contributed by atoms with E-state index in [-0.39, 0.29) is 5.75 Å². The summed E-state index contributed by atoms with van der Waals surface area (Å²) >= 11 is 0. The van der Waals surface area contributed by atoms with Gasteiger partial charge in [-0.1, -0.05) is 48.5 Å². The Bertz CT molecular complexity index is 1400. The summed E-state index contributed by atoms with van der Waals surface area (Å²) in [6, 6.07) is 21.5. The molecule has 136 valence electrons. The molecule has 0 fully saturated rings. The minimum Gasteiger partial charge on any atom is -0.507 e. The monoisotopic (exact) mass is 366 g/mol. The second kappa shape index (κ2) is 5.96. The normalized spacial score (nSPS) is 11.5. The Balaban J connectivity index is 2.00. The van der Waals surface area contributed by atoms with Gasteiger partial charge in [0.2, 0.25) is 0 Å². The highest BCUT2D eigenvalue weighted by molar-refractivity contribution is 6.16. The first-order chi connectivity index (χ1) is 13.5. The van der Waals surface area contributed by atoms with E-state index in [1.807, 2.05) is 37.3 Å². The van der Waals surface area contributed by atoms with Gasteiger partial charge < -0.3 is 9.52 Å². The molecule has 0 atom stereocenters. The van der Waals surface area contributed by atoms with Crippen molar-refractivity contribution in [1.29, 1.82) is 0 Å².